The van der Waals surface area contributed by atoms with E-state index in [9.17, 15) is 19.5 Å². The minimum absolute atomic E-state index is 0. The molecule has 2 aromatic heterocycles. The van der Waals surface area contributed by atoms with Gasteiger partial charge in [-0.3, -0.25) is 18.8 Å². The second kappa shape index (κ2) is 11.7. The van der Waals surface area contributed by atoms with Crippen LogP contribution >= 0.6 is 0 Å². The van der Waals surface area contributed by atoms with E-state index in [0.717, 1.165) is 6.42 Å². The molecule has 8 nitrogen and oxygen atoms in total. The van der Waals surface area contributed by atoms with Gasteiger partial charge in [0.1, 0.15) is 23.8 Å². The first-order valence-electron chi connectivity index (χ1n) is 10.0. The third-order valence-electron chi connectivity index (χ3n) is 4.99. The smallest absolute Gasteiger partial charge is 1.00 e. The number of carbonyl (C=O) groups excluding carboxylic acids is 1. The van der Waals surface area contributed by atoms with Crippen molar-refractivity contribution >= 4 is 17.4 Å². The molecule has 0 aliphatic carbocycles. The number of ether oxygens (including phenoxy) is 1. The van der Waals surface area contributed by atoms with Crippen molar-refractivity contribution in [3.63, 3.8) is 0 Å². The fraction of sp³-hybridized carbons (Fsp3) is 0.304. The zero-order valence-electron chi connectivity index (χ0n) is 19.4. The summed E-state index contributed by atoms with van der Waals surface area (Å²) >= 11 is 0. The van der Waals surface area contributed by atoms with Gasteiger partial charge < -0.3 is 16.4 Å². The molecule has 0 radical (unpaired) electrons. The van der Waals surface area contributed by atoms with Gasteiger partial charge in [0.25, 0.3) is 5.56 Å². The number of aromatic nitrogens is 2. The molecule has 0 amide bonds. The van der Waals surface area contributed by atoms with E-state index in [2.05, 4.69) is 4.98 Å². The maximum Gasteiger partial charge on any atom is 1.00 e. The molecular weight excluding hydrogens is 439 g/mol. The summed E-state index contributed by atoms with van der Waals surface area (Å²) < 4.78 is 7.32. The zero-order chi connectivity index (χ0) is 22.5. The summed E-state index contributed by atoms with van der Waals surface area (Å²) in [5.74, 6) is -0.805. The summed E-state index contributed by atoms with van der Waals surface area (Å²) in [5.41, 5.74) is 1.89. The Kier molecular flexibility index (Phi) is 9.59. The molecule has 3 aromatic rings. The number of pyridine rings is 1. The number of rotatable bonds is 9. The predicted octanol–water partition coefficient (Wildman–Crippen LogP) is 0.268. The van der Waals surface area contributed by atoms with E-state index in [0.29, 0.717) is 34.5 Å². The first-order chi connectivity index (χ1) is 14.8. The second-order valence-electron chi connectivity index (χ2n) is 7.24. The molecule has 9 heteroatoms. The molecule has 1 aromatic carbocycles. The van der Waals surface area contributed by atoms with Gasteiger partial charge in [-0.2, -0.15) is 0 Å². The second-order valence-corrected chi connectivity index (χ2v) is 7.24. The Bertz CT molecular complexity index is 1210. The molecule has 0 atom stereocenters. The van der Waals surface area contributed by atoms with E-state index in [-0.39, 0.29) is 94.9 Å². The van der Waals surface area contributed by atoms with E-state index in [1.807, 2.05) is 6.92 Å². The number of hydrogen-bond acceptors (Lipinski definition) is 6. The number of aliphatic carboxylic acids is 1. The number of carboxylic acids is 1. The normalized spacial score (nSPS) is 10.6. The van der Waals surface area contributed by atoms with Crippen molar-refractivity contribution in [2.24, 2.45) is 0 Å². The van der Waals surface area contributed by atoms with E-state index in [4.69, 9.17) is 9.84 Å². The molecule has 32 heavy (non-hydrogen) atoms. The predicted molar refractivity (Wildman–Crippen MR) is 115 cm³/mol. The molecule has 0 spiro atoms. The summed E-state index contributed by atoms with van der Waals surface area (Å²) in [7, 11) is 0. The largest absolute Gasteiger partial charge is 1.00 e. The van der Waals surface area contributed by atoms with Crippen molar-refractivity contribution in [1.82, 2.24) is 9.38 Å². The fourth-order valence-corrected chi connectivity index (χ4v) is 3.41. The Morgan fingerprint density at radius 3 is 2.59 bits per heavy atom. The van der Waals surface area contributed by atoms with Crippen molar-refractivity contribution in [2.45, 2.75) is 46.1 Å². The number of Topliss-reactive ketones (excluding diaryl/α,β-unsaturated/α-hetero) is 1. The summed E-state index contributed by atoms with van der Waals surface area (Å²) in [6, 6.07) is 6.67. The number of hydrogen-bond donors (Lipinski definition) is 2. The number of fused-ring (bicyclic) bond motifs is 1. The van der Waals surface area contributed by atoms with Crippen LogP contribution in [0.25, 0.3) is 5.65 Å². The SMILES string of the molecule is CCCc1c(OCc2cccn3c(=O)c(CCC(=O)O)cnc23)ccc(C(C)=O)c1O.[H-].[K+]. The quantitative estimate of drug-likeness (QED) is 0.345. The number of aromatic hydroxyl groups is 1. The van der Waals surface area contributed by atoms with Gasteiger partial charge in [0.2, 0.25) is 0 Å². The Balaban J connectivity index is 0.00000272. The van der Waals surface area contributed by atoms with Crippen LogP contribution in [0.5, 0.6) is 11.5 Å². The summed E-state index contributed by atoms with van der Waals surface area (Å²) in [4.78, 5) is 39.5. The Hall–Kier alpha value is -2.04. The monoisotopic (exact) mass is 464 g/mol. The minimum atomic E-state index is -0.978. The van der Waals surface area contributed by atoms with Crippen molar-refractivity contribution in [2.75, 3.05) is 0 Å². The first-order valence-corrected chi connectivity index (χ1v) is 10.0. The number of aryl methyl sites for hydroxylation is 1. The number of carboxylic acid groups (broad SMARTS) is 1. The van der Waals surface area contributed by atoms with Crippen molar-refractivity contribution in [3.8, 4) is 11.5 Å². The van der Waals surface area contributed by atoms with Crippen LogP contribution in [0.2, 0.25) is 0 Å². The van der Waals surface area contributed by atoms with Gasteiger partial charge in [0.05, 0.1) is 5.56 Å². The third kappa shape index (κ3) is 5.84. The van der Waals surface area contributed by atoms with Crippen LogP contribution in [0.15, 0.2) is 41.5 Å². The van der Waals surface area contributed by atoms with E-state index in [1.54, 1.807) is 24.4 Å². The summed E-state index contributed by atoms with van der Waals surface area (Å²) in [6.07, 6.45) is 4.24. The third-order valence-corrected chi connectivity index (χ3v) is 4.99. The maximum absolute atomic E-state index is 12.7. The van der Waals surface area contributed by atoms with Gasteiger partial charge in [0.15, 0.2) is 5.78 Å². The fourth-order valence-electron chi connectivity index (χ4n) is 3.41. The van der Waals surface area contributed by atoms with E-state index in [1.165, 1.54) is 23.6 Å². The van der Waals surface area contributed by atoms with Crippen LogP contribution in [-0.2, 0) is 24.2 Å². The zero-order valence-corrected chi connectivity index (χ0v) is 21.5. The van der Waals surface area contributed by atoms with Gasteiger partial charge in [0, 0.05) is 35.5 Å². The summed E-state index contributed by atoms with van der Waals surface area (Å²) in [5, 5.41) is 19.3. The molecule has 164 valence electrons. The van der Waals surface area contributed by atoms with Gasteiger partial charge in [-0.25, -0.2) is 4.98 Å². The average Bonchev–Trinajstić information content (AvgIpc) is 2.73. The summed E-state index contributed by atoms with van der Waals surface area (Å²) in [6.45, 7) is 3.46. The number of phenols is 1. The maximum atomic E-state index is 12.7. The van der Waals surface area contributed by atoms with Crippen LogP contribution < -0.4 is 61.7 Å². The molecule has 0 bridgehead atoms. The van der Waals surface area contributed by atoms with Crippen LogP contribution in [-0.4, -0.2) is 31.4 Å². The molecule has 3 rings (SSSR count). The number of phenolic OH excluding ortho intramolecular Hbond substituents is 1. The van der Waals surface area contributed by atoms with Gasteiger partial charge in [-0.1, -0.05) is 19.4 Å². The molecule has 0 saturated heterocycles. The van der Waals surface area contributed by atoms with Gasteiger partial charge in [-0.05, 0) is 38.0 Å². The number of carbonyl (C=O) groups is 2. The minimum Gasteiger partial charge on any atom is -1.00 e. The Morgan fingerprint density at radius 2 is 1.94 bits per heavy atom. The molecule has 0 fully saturated rings. The number of nitrogens with zero attached hydrogens (tertiary/aromatic N) is 2. The van der Waals surface area contributed by atoms with Crippen LogP contribution in [0.1, 0.15) is 55.2 Å². The molecule has 0 saturated carbocycles. The van der Waals surface area contributed by atoms with Crippen LogP contribution in [0.4, 0.5) is 0 Å². The van der Waals surface area contributed by atoms with Gasteiger partial charge in [-0.15, -0.1) is 0 Å². The van der Waals surface area contributed by atoms with Crippen LogP contribution in [0, 0.1) is 0 Å². The van der Waals surface area contributed by atoms with Crippen molar-refractivity contribution in [3.05, 3.63) is 69.3 Å². The molecule has 0 unspecified atom stereocenters. The van der Waals surface area contributed by atoms with E-state index >= 15 is 0 Å². The molecule has 2 N–H and O–H groups in total. The molecule has 0 aliphatic rings. The van der Waals surface area contributed by atoms with Gasteiger partial charge >= 0.3 is 57.4 Å². The standard InChI is InChI=1S/C23H24N2O6.K.H/c1-3-5-18-19(9-8-17(14(2)26)21(18)29)31-13-16-6-4-11-25-22(16)24-12-15(23(25)30)7-10-20(27)28;;/h4,6,8-9,11-12,29H,3,5,7,10,13H2,1-2H3,(H,27,28);;/q;+1;-1. The van der Waals surface area contributed by atoms with Crippen LogP contribution in [0.3, 0.4) is 0 Å². The molecular formula is C23H25KN2O6. The number of ketones is 1. The average molecular weight is 465 g/mol. The van der Waals surface area contributed by atoms with E-state index < -0.39 is 5.97 Å². The molecule has 2 heterocycles. The molecule has 0 aliphatic heterocycles. The van der Waals surface area contributed by atoms with Crippen molar-refractivity contribution < 1.29 is 77.4 Å². The number of benzene rings is 1. The topological polar surface area (TPSA) is 118 Å². The van der Waals surface area contributed by atoms with Crippen molar-refractivity contribution in [1.29, 1.82) is 0 Å². The Labute approximate surface area is 229 Å². The first kappa shape index (κ1) is 26.2. The Morgan fingerprint density at radius 1 is 1.19 bits per heavy atom.